The molecular weight excluding hydrogens is 368 g/mol. The first-order valence-electron chi connectivity index (χ1n) is 9.56. The predicted molar refractivity (Wildman–Crippen MR) is 113 cm³/mol. The van der Waals surface area contributed by atoms with Crippen molar-refractivity contribution in [3.63, 3.8) is 0 Å². The van der Waals surface area contributed by atoms with Gasteiger partial charge in [-0.2, -0.15) is 0 Å². The van der Waals surface area contributed by atoms with Gasteiger partial charge in [-0.25, -0.2) is 0 Å². The van der Waals surface area contributed by atoms with E-state index in [1.807, 2.05) is 49.4 Å². The van der Waals surface area contributed by atoms with Gasteiger partial charge >= 0.3 is 11.8 Å². The van der Waals surface area contributed by atoms with Gasteiger partial charge in [-0.15, -0.1) is 0 Å². The topological polar surface area (TPSA) is 87.7 Å². The largest absolute Gasteiger partial charge is 0.494 e. The van der Waals surface area contributed by atoms with Crippen LogP contribution in [0, 0.1) is 0 Å². The number of nitrogens with one attached hydrogen (secondary N) is 2. The number of ether oxygens (including phenoxy) is 1. The van der Waals surface area contributed by atoms with Gasteiger partial charge in [0.2, 0.25) is 0 Å². The van der Waals surface area contributed by atoms with Crippen LogP contribution in [-0.2, 0) is 9.59 Å². The van der Waals surface area contributed by atoms with Crippen molar-refractivity contribution in [2.75, 3.05) is 18.5 Å². The molecule has 0 heterocycles. The molecule has 0 spiro atoms. The third-order valence-corrected chi connectivity index (χ3v) is 4.52. The molecule has 1 atom stereocenters. The predicted octanol–water partition coefficient (Wildman–Crippen LogP) is 3.42. The van der Waals surface area contributed by atoms with Gasteiger partial charge in [0.25, 0.3) is 0 Å². The zero-order chi connectivity index (χ0) is 20.6. The molecule has 3 N–H and O–H groups in total. The SMILES string of the molecule is CCOc1ccc(NC(=O)C(=O)NCCC(O)c2cccc3ccccc23)cc1. The highest BCUT2D eigenvalue weighted by molar-refractivity contribution is 6.39. The lowest BCUT2D eigenvalue weighted by atomic mass is 9.99. The minimum atomic E-state index is -0.756. The number of aliphatic hydroxyl groups excluding tert-OH is 1. The van der Waals surface area contributed by atoms with Gasteiger partial charge in [-0.05, 0) is 53.9 Å². The van der Waals surface area contributed by atoms with Crippen molar-refractivity contribution in [1.29, 1.82) is 0 Å². The monoisotopic (exact) mass is 392 g/mol. The molecule has 0 bridgehead atoms. The fourth-order valence-corrected chi connectivity index (χ4v) is 3.09. The van der Waals surface area contributed by atoms with Crippen LogP contribution in [0.4, 0.5) is 5.69 Å². The molecular formula is C23H24N2O4. The summed E-state index contributed by atoms with van der Waals surface area (Å²) in [5.74, 6) is -0.810. The van der Waals surface area contributed by atoms with E-state index in [1.54, 1.807) is 24.3 Å². The van der Waals surface area contributed by atoms with E-state index in [9.17, 15) is 14.7 Å². The standard InChI is InChI=1S/C23H24N2O4/c1-2-29-18-12-10-17(11-13-18)25-23(28)22(27)24-15-14-21(26)20-9-5-7-16-6-3-4-8-19(16)20/h3-13,21,26H,2,14-15H2,1H3,(H,24,27)(H,25,28). The second-order valence-corrected chi connectivity index (χ2v) is 6.54. The lowest BCUT2D eigenvalue weighted by molar-refractivity contribution is -0.136. The summed E-state index contributed by atoms with van der Waals surface area (Å²) in [4.78, 5) is 24.0. The van der Waals surface area contributed by atoms with Gasteiger partial charge in [-0.3, -0.25) is 9.59 Å². The van der Waals surface area contributed by atoms with E-state index in [1.165, 1.54) is 0 Å². The number of benzene rings is 3. The van der Waals surface area contributed by atoms with E-state index in [4.69, 9.17) is 4.74 Å². The second kappa shape index (κ2) is 9.71. The van der Waals surface area contributed by atoms with E-state index >= 15 is 0 Å². The fourth-order valence-electron chi connectivity index (χ4n) is 3.09. The lowest BCUT2D eigenvalue weighted by Gasteiger charge is -2.14. The van der Waals surface area contributed by atoms with Crippen LogP contribution in [0.3, 0.4) is 0 Å². The van der Waals surface area contributed by atoms with Crippen molar-refractivity contribution in [3.05, 3.63) is 72.3 Å². The number of aliphatic hydroxyl groups is 1. The third kappa shape index (κ3) is 5.33. The molecule has 150 valence electrons. The Balaban J connectivity index is 1.50. The second-order valence-electron chi connectivity index (χ2n) is 6.54. The number of amides is 2. The van der Waals surface area contributed by atoms with E-state index in [0.717, 1.165) is 16.3 Å². The molecule has 0 saturated carbocycles. The third-order valence-electron chi connectivity index (χ3n) is 4.52. The highest BCUT2D eigenvalue weighted by atomic mass is 16.5. The molecule has 3 aromatic carbocycles. The van der Waals surface area contributed by atoms with E-state index in [2.05, 4.69) is 10.6 Å². The molecule has 6 heteroatoms. The molecule has 0 saturated heterocycles. The molecule has 0 aliphatic rings. The number of rotatable bonds is 7. The van der Waals surface area contributed by atoms with Gasteiger partial charge in [0.1, 0.15) is 5.75 Å². The summed E-state index contributed by atoms with van der Waals surface area (Å²) in [5, 5.41) is 17.6. The van der Waals surface area contributed by atoms with Gasteiger partial charge in [0, 0.05) is 12.2 Å². The van der Waals surface area contributed by atoms with Crippen LogP contribution in [0.25, 0.3) is 10.8 Å². The molecule has 0 aliphatic heterocycles. The minimum absolute atomic E-state index is 0.180. The number of anilines is 1. The fraction of sp³-hybridized carbons (Fsp3) is 0.217. The van der Waals surface area contributed by atoms with E-state index in [-0.39, 0.29) is 6.54 Å². The summed E-state index contributed by atoms with van der Waals surface area (Å²) < 4.78 is 5.34. The minimum Gasteiger partial charge on any atom is -0.494 e. The summed E-state index contributed by atoms with van der Waals surface area (Å²) in [5.41, 5.74) is 1.31. The molecule has 3 rings (SSSR count). The van der Waals surface area contributed by atoms with Crippen molar-refractivity contribution < 1.29 is 19.4 Å². The van der Waals surface area contributed by atoms with E-state index < -0.39 is 17.9 Å². The quantitative estimate of drug-likeness (QED) is 0.538. The zero-order valence-corrected chi connectivity index (χ0v) is 16.2. The van der Waals surface area contributed by atoms with Crippen LogP contribution >= 0.6 is 0 Å². The molecule has 2 amide bonds. The maximum Gasteiger partial charge on any atom is 0.313 e. The average molecular weight is 392 g/mol. The highest BCUT2D eigenvalue weighted by Gasteiger charge is 2.15. The Bertz CT molecular complexity index is 980. The van der Waals surface area contributed by atoms with Crippen LogP contribution in [0.5, 0.6) is 5.75 Å². The summed E-state index contributed by atoms with van der Waals surface area (Å²) in [6.07, 6.45) is -0.439. The highest BCUT2D eigenvalue weighted by Crippen LogP contribution is 2.25. The van der Waals surface area contributed by atoms with Crippen molar-refractivity contribution in [3.8, 4) is 5.75 Å². The maximum atomic E-state index is 12.0. The van der Waals surface area contributed by atoms with Crippen LogP contribution in [-0.4, -0.2) is 30.1 Å². The lowest BCUT2D eigenvalue weighted by Crippen LogP contribution is -2.36. The molecule has 0 aliphatic carbocycles. The van der Waals surface area contributed by atoms with Crippen LogP contribution in [0.15, 0.2) is 66.7 Å². The summed E-state index contributed by atoms with van der Waals surface area (Å²) in [7, 11) is 0. The Morgan fingerprint density at radius 2 is 1.69 bits per heavy atom. The molecule has 1 unspecified atom stereocenters. The Labute approximate surface area is 169 Å². The van der Waals surface area contributed by atoms with Crippen molar-refractivity contribution in [1.82, 2.24) is 5.32 Å². The van der Waals surface area contributed by atoms with Crippen LogP contribution in [0.1, 0.15) is 25.0 Å². The smallest absolute Gasteiger partial charge is 0.313 e. The normalized spacial score (nSPS) is 11.7. The molecule has 3 aromatic rings. The number of carbonyl (C=O) groups excluding carboxylic acids is 2. The van der Waals surface area contributed by atoms with Crippen molar-refractivity contribution in [2.24, 2.45) is 0 Å². The molecule has 0 aromatic heterocycles. The van der Waals surface area contributed by atoms with Gasteiger partial charge in [-0.1, -0.05) is 42.5 Å². The molecule has 29 heavy (non-hydrogen) atoms. The number of hydrogen-bond acceptors (Lipinski definition) is 4. The van der Waals surface area contributed by atoms with Crippen LogP contribution in [0.2, 0.25) is 0 Å². The first-order valence-corrected chi connectivity index (χ1v) is 9.56. The number of carbonyl (C=O) groups is 2. The molecule has 6 nitrogen and oxygen atoms in total. The summed E-state index contributed by atoms with van der Waals surface area (Å²) >= 11 is 0. The molecule has 0 radical (unpaired) electrons. The average Bonchev–Trinajstić information content (AvgIpc) is 2.74. The first kappa shape index (κ1) is 20.4. The van der Waals surface area contributed by atoms with Crippen molar-refractivity contribution >= 4 is 28.3 Å². The van der Waals surface area contributed by atoms with Crippen LogP contribution < -0.4 is 15.4 Å². The number of fused-ring (bicyclic) bond motifs is 1. The zero-order valence-electron chi connectivity index (χ0n) is 16.2. The Kier molecular flexibility index (Phi) is 6.81. The number of hydrogen-bond donors (Lipinski definition) is 3. The van der Waals surface area contributed by atoms with E-state index in [0.29, 0.717) is 24.5 Å². The summed E-state index contributed by atoms with van der Waals surface area (Å²) in [6.45, 7) is 2.62. The van der Waals surface area contributed by atoms with Gasteiger partial charge < -0.3 is 20.5 Å². The first-order chi connectivity index (χ1) is 14.1. The van der Waals surface area contributed by atoms with Gasteiger partial charge in [0.05, 0.1) is 12.7 Å². The van der Waals surface area contributed by atoms with Crippen molar-refractivity contribution in [2.45, 2.75) is 19.4 Å². The van der Waals surface area contributed by atoms with Gasteiger partial charge in [0.15, 0.2) is 0 Å². The Morgan fingerprint density at radius 1 is 0.966 bits per heavy atom. The molecule has 0 fully saturated rings. The summed E-state index contributed by atoms with van der Waals surface area (Å²) in [6, 6.07) is 20.3. The Hall–Kier alpha value is -3.38. The maximum absolute atomic E-state index is 12.0. The Morgan fingerprint density at radius 3 is 2.45 bits per heavy atom.